The van der Waals surface area contributed by atoms with Crippen molar-refractivity contribution in [2.45, 2.75) is 20.4 Å². The van der Waals surface area contributed by atoms with Crippen LogP contribution in [0.3, 0.4) is 0 Å². The average molecular weight is 340 g/mol. The van der Waals surface area contributed by atoms with E-state index in [2.05, 4.69) is 45.2 Å². The molecule has 20 heavy (non-hydrogen) atoms. The Kier molecular flexibility index (Phi) is 5.14. The molecule has 0 aliphatic heterocycles. The molecular formula is C14H18BrN3O2. The van der Waals surface area contributed by atoms with Gasteiger partial charge in [0.2, 0.25) is 11.7 Å². The van der Waals surface area contributed by atoms with E-state index in [4.69, 9.17) is 9.26 Å². The summed E-state index contributed by atoms with van der Waals surface area (Å²) in [5.74, 6) is 2.54. The molecular weight excluding hydrogens is 322 g/mol. The molecule has 2 aromatic rings. The van der Waals surface area contributed by atoms with E-state index in [1.807, 2.05) is 18.2 Å². The summed E-state index contributed by atoms with van der Waals surface area (Å²) in [4.78, 5) is 4.37. The van der Waals surface area contributed by atoms with Crippen LogP contribution in [0.25, 0.3) is 11.4 Å². The molecule has 1 heterocycles. The van der Waals surface area contributed by atoms with Crippen LogP contribution in [0.2, 0.25) is 0 Å². The lowest BCUT2D eigenvalue weighted by atomic mass is 10.2. The number of benzene rings is 1. The first-order valence-corrected chi connectivity index (χ1v) is 7.26. The van der Waals surface area contributed by atoms with Crippen LogP contribution in [-0.2, 0) is 6.54 Å². The zero-order chi connectivity index (χ0) is 14.5. The second kappa shape index (κ2) is 6.85. The maximum absolute atomic E-state index is 5.23. The van der Waals surface area contributed by atoms with Gasteiger partial charge >= 0.3 is 0 Å². The molecule has 0 fully saturated rings. The van der Waals surface area contributed by atoms with Crippen molar-refractivity contribution < 1.29 is 9.26 Å². The number of rotatable bonds is 6. The van der Waals surface area contributed by atoms with Gasteiger partial charge in [0.15, 0.2) is 0 Å². The Morgan fingerprint density at radius 1 is 1.40 bits per heavy atom. The molecule has 0 saturated carbocycles. The third-order valence-electron chi connectivity index (χ3n) is 2.71. The van der Waals surface area contributed by atoms with E-state index in [1.165, 1.54) is 0 Å². The lowest BCUT2D eigenvalue weighted by Gasteiger charge is -2.04. The van der Waals surface area contributed by atoms with E-state index >= 15 is 0 Å². The van der Waals surface area contributed by atoms with Crippen molar-refractivity contribution in [1.82, 2.24) is 15.5 Å². The molecule has 0 bridgehead atoms. The Morgan fingerprint density at radius 3 is 2.85 bits per heavy atom. The molecule has 5 nitrogen and oxygen atoms in total. The fourth-order valence-corrected chi connectivity index (χ4v) is 2.26. The zero-order valence-electron chi connectivity index (χ0n) is 11.8. The highest BCUT2D eigenvalue weighted by Crippen LogP contribution is 2.29. The van der Waals surface area contributed by atoms with Crippen molar-refractivity contribution in [3.63, 3.8) is 0 Å². The molecule has 2 rings (SSSR count). The van der Waals surface area contributed by atoms with Crippen molar-refractivity contribution in [1.29, 1.82) is 0 Å². The third kappa shape index (κ3) is 3.80. The standard InChI is InChI=1S/C14H18BrN3O2/c1-9(2)7-16-8-13-17-14(18-20-13)10-4-5-12(19-3)11(15)6-10/h4-6,9,16H,7-8H2,1-3H3. The minimum absolute atomic E-state index is 0.578. The number of hydrogen-bond acceptors (Lipinski definition) is 5. The van der Waals surface area contributed by atoms with Crippen LogP contribution in [0.5, 0.6) is 5.75 Å². The minimum atomic E-state index is 0.578. The maximum Gasteiger partial charge on any atom is 0.240 e. The lowest BCUT2D eigenvalue weighted by Crippen LogP contribution is -2.19. The number of methoxy groups -OCH3 is 1. The summed E-state index contributed by atoms with van der Waals surface area (Å²) < 4.78 is 11.3. The van der Waals surface area contributed by atoms with Gasteiger partial charge in [-0.25, -0.2) is 0 Å². The summed E-state index contributed by atoms with van der Waals surface area (Å²) in [5, 5.41) is 7.26. The predicted octanol–water partition coefficient (Wildman–Crippen LogP) is 3.25. The second-order valence-electron chi connectivity index (χ2n) is 4.89. The van der Waals surface area contributed by atoms with Gasteiger partial charge in [-0.05, 0) is 46.6 Å². The van der Waals surface area contributed by atoms with Gasteiger partial charge in [-0.3, -0.25) is 0 Å². The summed E-state index contributed by atoms with van der Waals surface area (Å²) in [6.07, 6.45) is 0. The van der Waals surface area contributed by atoms with E-state index in [0.717, 1.165) is 22.3 Å². The molecule has 1 aromatic heterocycles. The highest BCUT2D eigenvalue weighted by atomic mass is 79.9. The maximum atomic E-state index is 5.23. The van der Waals surface area contributed by atoms with Crippen LogP contribution in [0.1, 0.15) is 19.7 Å². The molecule has 0 radical (unpaired) electrons. The predicted molar refractivity (Wildman–Crippen MR) is 80.5 cm³/mol. The van der Waals surface area contributed by atoms with Gasteiger partial charge in [-0.2, -0.15) is 4.98 Å². The van der Waals surface area contributed by atoms with Crippen LogP contribution in [0.15, 0.2) is 27.2 Å². The van der Waals surface area contributed by atoms with Gasteiger partial charge in [-0.1, -0.05) is 19.0 Å². The molecule has 108 valence electrons. The summed E-state index contributed by atoms with van der Waals surface area (Å²) in [6, 6.07) is 5.68. The van der Waals surface area contributed by atoms with Crippen molar-refractivity contribution in [2.75, 3.05) is 13.7 Å². The van der Waals surface area contributed by atoms with Crippen LogP contribution in [-0.4, -0.2) is 23.8 Å². The number of ether oxygens (including phenoxy) is 1. The molecule has 1 N–H and O–H groups in total. The third-order valence-corrected chi connectivity index (χ3v) is 3.33. The first-order valence-electron chi connectivity index (χ1n) is 6.47. The average Bonchev–Trinajstić information content (AvgIpc) is 2.87. The Balaban J connectivity index is 2.06. The van der Waals surface area contributed by atoms with Crippen LogP contribution >= 0.6 is 15.9 Å². The fourth-order valence-electron chi connectivity index (χ4n) is 1.72. The van der Waals surface area contributed by atoms with Crippen LogP contribution < -0.4 is 10.1 Å². The van der Waals surface area contributed by atoms with Crippen molar-refractivity contribution in [2.24, 2.45) is 5.92 Å². The molecule has 0 spiro atoms. The highest BCUT2D eigenvalue weighted by Gasteiger charge is 2.10. The largest absolute Gasteiger partial charge is 0.496 e. The summed E-state index contributed by atoms with van der Waals surface area (Å²) in [7, 11) is 1.63. The summed E-state index contributed by atoms with van der Waals surface area (Å²) in [6.45, 7) is 5.82. The number of hydrogen-bond donors (Lipinski definition) is 1. The van der Waals surface area contributed by atoms with Gasteiger partial charge in [0, 0.05) is 5.56 Å². The Morgan fingerprint density at radius 2 is 2.20 bits per heavy atom. The Labute approximate surface area is 126 Å². The molecule has 0 amide bonds. The van der Waals surface area contributed by atoms with Gasteiger partial charge in [0.1, 0.15) is 5.75 Å². The normalized spacial score (nSPS) is 11.1. The van der Waals surface area contributed by atoms with Crippen molar-refractivity contribution in [3.05, 3.63) is 28.6 Å². The quantitative estimate of drug-likeness (QED) is 0.875. The summed E-state index contributed by atoms with van der Waals surface area (Å²) >= 11 is 3.45. The Bertz CT molecular complexity index is 569. The molecule has 0 atom stereocenters. The molecule has 0 unspecified atom stereocenters. The molecule has 1 aromatic carbocycles. The second-order valence-corrected chi connectivity index (χ2v) is 5.74. The van der Waals surface area contributed by atoms with E-state index in [-0.39, 0.29) is 0 Å². The molecule has 0 saturated heterocycles. The van der Waals surface area contributed by atoms with E-state index in [9.17, 15) is 0 Å². The van der Waals surface area contributed by atoms with Crippen LogP contribution in [0.4, 0.5) is 0 Å². The minimum Gasteiger partial charge on any atom is -0.496 e. The SMILES string of the molecule is COc1ccc(-c2noc(CNCC(C)C)n2)cc1Br. The Hall–Kier alpha value is -1.40. The van der Waals surface area contributed by atoms with E-state index in [1.54, 1.807) is 7.11 Å². The van der Waals surface area contributed by atoms with Crippen LogP contribution in [0, 0.1) is 5.92 Å². The molecule has 0 aliphatic rings. The summed E-state index contributed by atoms with van der Waals surface area (Å²) in [5.41, 5.74) is 0.886. The van der Waals surface area contributed by atoms with E-state index < -0.39 is 0 Å². The number of halogens is 1. The highest BCUT2D eigenvalue weighted by molar-refractivity contribution is 9.10. The number of aromatic nitrogens is 2. The topological polar surface area (TPSA) is 60.2 Å². The molecule has 6 heteroatoms. The van der Waals surface area contributed by atoms with Gasteiger partial charge in [0.05, 0.1) is 18.1 Å². The van der Waals surface area contributed by atoms with Gasteiger partial charge in [-0.15, -0.1) is 0 Å². The fraction of sp³-hybridized carbons (Fsp3) is 0.429. The van der Waals surface area contributed by atoms with Gasteiger partial charge in [0.25, 0.3) is 0 Å². The first-order chi connectivity index (χ1) is 9.60. The smallest absolute Gasteiger partial charge is 0.240 e. The van der Waals surface area contributed by atoms with Gasteiger partial charge < -0.3 is 14.6 Å². The number of nitrogens with one attached hydrogen (secondary N) is 1. The van der Waals surface area contributed by atoms with E-state index in [0.29, 0.717) is 24.2 Å². The first kappa shape index (κ1) is 15.0. The zero-order valence-corrected chi connectivity index (χ0v) is 13.4. The molecule has 0 aliphatic carbocycles. The lowest BCUT2D eigenvalue weighted by molar-refractivity contribution is 0.364. The number of nitrogens with zero attached hydrogens (tertiary/aromatic N) is 2. The monoisotopic (exact) mass is 339 g/mol. The van der Waals surface area contributed by atoms with Crippen molar-refractivity contribution in [3.8, 4) is 17.1 Å². The van der Waals surface area contributed by atoms with Crippen molar-refractivity contribution >= 4 is 15.9 Å².